The van der Waals surface area contributed by atoms with Crippen LogP contribution < -0.4 is 0 Å². The lowest BCUT2D eigenvalue weighted by molar-refractivity contribution is -0.133. The molecule has 1 fully saturated rings. The molecule has 0 bridgehead atoms. The molecule has 2 heterocycles. The fourth-order valence-corrected chi connectivity index (χ4v) is 3.34. The monoisotopic (exact) mass is 410 g/mol. The average molecular weight is 410 g/mol. The second kappa shape index (κ2) is 8.57. The van der Waals surface area contributed by atoms with Crippen LogP contribution in [0, 0.1) is 12.7 Å². The number of amides is 2. The highest BCUT2D eigenvalue weighted by molar-refractivity contribution is 5.94. The van der Waals surface area contributed by atoms with E-state index in [9.17, 15) is 14.0 Å². The van der Waals surface area contributed by atoms with Gasteiger partial charge in [0.2, 0.25) is 5.91 Å². The van der Waals surface area contributed by atoms with Gasteiger partial charge in [-0.25, -0.2) is 4.39 Å². The molecule has 1 aliphatic carbocycles. The van der Waals surface area contributed by atoms with Gasteiger partial charge in [0.25, 0.3) is 5.91 Å². The number of nitrogens with zero attached hydrogens (tertiary/aromatic N) is 2. The summed E-state index contributed by atoms with van der Waals surface area (Å²) >= 11 is 0. The first kappa shape index (κ1) is 19.9. The third-order valence-electron chi connectivity index (χ3n) is 5.07. The van der Waals surface area contributed by atoms with Gasteiger partial charge in [-0.2, -0.15) is 0 Å². The van der Waals surface area contributed by atoms with Crippen LogP contribution >= 0.6 is 0 Å². The molecule has 0 N–H and O–H groups in total. The Hall–Kier alpha value is -3.35. The van der Waals surface area contributed by atoms with Crippen LogP contribution in [0.15, 0.2) is 63.6 Å². The number of hydrogen-bond donors (Lipinski definition) is 0. The second-order valence-electron chi connectivity index (χ2n) is 7.53. The first-order chi connectivity index (χ1) is 14.5. The number of furan rings is 2. The molecule has 6 nitrogen and oxygen atoms in total. The molecular formula is C23H23FN2O4. The Bertz CT molecular complexity index is 1010. The zero-order valence-electron chi connectivity index (χ0n) is 16.7. The number of rotatable bonds is 8. The van der Waals surface area contributed by atoms with E-state index in [2.05, 4.69) is 0 Å². The third kappa shape index (κ3) is 4.79. The number of benzene rings is 1. The van der Waals surface area contributed by atoms with Crippen molar-refractivity contribution in [1.82, 2.24) is 9.80 Å². The summed E-state index contributed by atoms with van der Waals surface area (Å²) in [6.07, 6.45) is 3.18. The Balaban J connectivity index is 1.52. The van der Waals surface area contributed by atoms with Crippen LogP contribution in [0.25, 0.3) is 0 Å². The Labute approximate surface area is 173 Å². The van der Waals surface area contributed by atoms with E-state index in [1.54, 1.807) is 34.1 Å². The number of aryl methyl sites for hydroxylation is 1. The van der Waals surface area contributed by atoms with E-state index in [-0.39, 0.29) is 49.1 Å². The molecular weight excluding hydrogens is 387 g/mol. The molecule has 0 aliphatic heterocycles. The van der Waals surface area contributed by atoms with E-state index in [1.807, 2.05) is 19.1 Å². The first-order valence-electron chi connectivity index (χ1n) is 9.91. The molecule has 2 amide bonds. The molecule has 0 spiro atoms. The third-order valence-corrected chi connectivity index (χ3v) is 5.07. The summed E-state index contributed by atoms with van der Waals surface area (Å²) in [4.78, 5) is 29.2. The Morgan fingerprint density at radius 1 is 1.07 bits per heavy atom. The van der Waals surface area contributed by atoms with Gasteiger partial charge in [0.05, 0.1) is 12.8 Å². The van der Waals surface area contributed by atoms with E-state index < -0.39 is 0 Å². The number of halogens is 1. The summed E-state index contributed by atoms with van der Waals surface area (Å²) in [7, 11) is 0. The summed E-state index contributed by atoms with van der Waals surface area (Å²) in [6, 6.07) is 13.0. The van der Waals surface area contributed by atoms with E-state index in [0.29, 0.717) is 5.76 Å². The van der Waals surface area contributed by atoms with Crippen molar-refractivity contribution < 1.29 is 22.8 Å². The van der Waals surface area contributed by atoms with Crippen LogP contribution in [0.2, 0.25) is 0 Å². The Morgan fingerprint density at radius 2 is 1.83 bits per heavy atom. The maximum absolute atomic E-state index is 13.3. The van der Waals surface area contributed by atoms with Gasteiger partial charge >= 0.3 is 0 Å². The van der Waals surface area contributed by atoms with Crippen molar-refractivity contribution >= 4 is 11.8 Å². The molecule has 3 aromatic rings. The van der Waals surface area contributed by atoms with Crippen LogP contribution in [0.4, 0.5) is 4.39 Å². The van der Waals surface area contributed by atoms with E-state index in [1.165, 1.54) is 18.4 Å². The highest BCUT2D eigenvalue weighted by Crippen LogP contribution is 2.28. The zero-order valence-corrected chi connectivity index (χ0v) is 16.7. The molecule has 0 unspecified atom stereocenters. The van der Waals surface area contributed by atoms with Crippen molar-refractivity contribution in [2.75, 3.05) is 6.54 Å². The normalized spacial score (nSPS) is 13.3. The number of carbonyl (C=O) groups is 2. The largest absolute Gasteiger partial charge is 0.464 e. The molecule has 2 aromatic heterocycles. The number of hydrogen-bond acceptors (Lipinski definition) is 4. The van der Waals surface area contributed by atoms with E-state index in [0.717, 1.165) is 24.2 Å². The Kier molecular flexibility index (Phi) is 5.70. The van der Waals surface area contributed by atoms with Crippen LogP contribution in [0.5, 0.6) is 0 Å². The highest BCUT2D eigenvalue weighted by atomic mass is 19.1. The predicted molar refractivity (Wildman–Crippen MR) is 107 cm³/mol. The van der Waals surface area contributed by atoms with Gasteiger partial charge in [0.1, 0.15) is 23.9 Å². The summed E-state index contributed by atoms with van der Waals surface area (Å²) in [5.74, 6) is 0.806. The van der Waals surface area contributed by atoms with Crippen LogP contribution in [0.1, 0.15) is 40.5 Å². The molecule has 0 radical (unpaired) electrons. The van der Waals surface area contributed by atoms with Crippen LogP contribution in [0.3, 0.4) is 0 Å². The molecule has 4 rings (SSSR count). The lowest BCUT2D eigenvalue weighted by atomic mass is 10.2. The van der Waals surface area contributed by atoms with Gasteiger partial charge in [-0.15, -0.1) is 0 Å². The molecule has 1 saturated carbocycles. The zero-order chi connectivity index (χ0) is 21.1. The van der Waals surface area contributed by atoms with Gasteiger partial charge in [0, 0.05) is 12.6 Å². The topological polar surface area (TPSA) is 66.9 Å². The van der Waals surface area contributed by atoms with Gasteiger partial charge in [-0.1, -0.05) is 12.1 Å². The molecule has 156 valence electrons. The lowest BCUT2D eigenvalue weighted by Crippen LogP contribution is -2.43. The molecule has 0 saturated heterocycles. The van der Waals surface area contributed by atoms with Crippen LogP contribution in [-0.2, 0) is 17.9 Å². The minimum absolute atomic E-state index is 0.0464. The molecule has 7 heteroatoms. The highest BCUT2D eigenvalue weighted by Gasteiger charge is 2.36. The minimum atomic E-state index is -0.331. The van der Waals surface area contributed by atoms with Crippen molar-refractivity contribution in [3.05, 3.63) is 83.5 Å². The van der Waals surface area contributed by atoms with Crippen molar-refractivity contribution in [1.29, 1.82) is 0 Å². The average Bonchev–Trinajstić information content (AvgIpc) is 3.25. The van der Waals surface area contributed by atoms with Crippen LogP contribution in [-0.4, -0.2) is 34.2 Å². The molecule has 30 heavy (non-hydrogen) atoms. The van der Waals surface area contributed by atoms with Crippen molar-refractivity contribution in [3.8, 4) is 0 Å². The fourth-order valence-electron chi connectivity index (χ4n) is 3.34. The Morgan fingerprint density at radius 3 is 2.43 bits per heavy atom. The SMILES string of the molecule is Cc1ccc(CN(Cc2ccc(F)cc2)C(=O)CN(C(=O)c2ccco2)C2CC2)o1. The quantitative estimate of drug-likeness (QED) is 0.559. The van der Waals surface area contributed by atoms with E-state index >= 15 is 0 Å². The fraction of sp³-hybridized carbons (Fsp3) is 0.304. The van der Waals surface area contributed by atoms with Crippen molar-refractivity contribution in [3.63, 3.8) is 0 Å². The van der Waals surface area contributed by atoms with Gasteiger partial charge in [-0.3, -0.25) is 9.59 Å². The predicted octanol–water partition coefficient (Wildman–Crippen LogP) is 4.15. The van der Waals surface area contributed by atoms with Gasteiger partial charge in [-0.05, 0) is 61.7 Å². The van der Waals surface area contributed by atoms with Gasteiger partial charge < -0.3 is 18.6 Å². The van der Waals surface area contributed by atoms with Gasteiger partial charge in [0.15, 0.2) is 5.76 Å². The summed E-state index contributed by atoms with van der Waals surface area (Å²) in [6.45, 7) is 2.33. The first-order valence-corrected chi connectivity index (χ1v) is 9.91. The summed E-state index contributed by atoms with van der Waals surface area (Å²) in [5.41, 5.74) is 0.795. The summed E-state index contributed by atoms with van der Waals surface area (Å²) in [5, 5.41) is 0. The standard InChI is InChI=1S/C23H23FN2O4/c1-16-4-11-20(30-16)14-25(13-17-5-7-18(24)8-6-17)22(27)15-26(19-9-10-19)23(28)21-3-2-12-29-21/h2-8,11-12,19H,9-10,13-15H2,1H3. The maximum Gasteiger partial charge on any atom is 0.290 e. The molecule has 1 aromatic carbocycles. The second-order valence-corrected chi connectivity index (χ2v) is 7.53. The minimum Gasteiger partial charge on any atom is -0.464 e. The smallest absolute Gasteiger partial charge is 0.290 e. The molecule has 1 aliphatic rings. The van der Waals surface area contributed by atoms with Crippen molar-refractivity contribution in [2.24, 2.45) is 0 Å². The van der Waals surface area contributed by atoms with E-state index in [4.69, 9.17) is 8.83 Å². The molecule has 0 atom stereocenters. The summed E-state index contributed by atoms with van der Waals surface area (Å²) < 4.78 is 24.2. The lowest BCUT2D eigenvalue weighted by Gasteiger charge is -2.27. The van der Waals surface area contributed by atoms with Crippen molar-refractivity contribution in [2.45, 2.75) is 38.9 Å². The maximum atomic E-state index is 13.3. The number of carbonyl (C=O) groups excluding carboxylic acids is 2.